The Hall–Kier alpha value is -3.34. The Morgan fingerprint density at radius 2 is 1.85 bits per heavy atom. The van der Waals surface area contributed by atoms with Crippen molar-refractivity contribution in [2.24, 2.45) is 7.05 Å². The second-order valence-corrected chi connectivity index (χ2v) is 9.70. The van der Waals surface area contributed by atoms with Crippen LogP contribution in [-0.2, 0) is 32.9 Å². The van der Waals surface area contributed by atoms with Gasteiger partial charge in [-0.05, 0) is 45.4 Å². The van der Waals surface area contributed by atoms with Crippen molar-refractivity contribution in [3.63, 3.8) is 0 Å². The summed E-state index contributed by atoms with van der Waals surface area (Å²) in [6.45, 7) is 6.14. The molecule has 2 aromatic heterocycles. The number of fused-ring (bicyclic) bond motifs is 1. The molecule has 2 heterocycles. The summed E-state index contributed by atoms with van der Waals surface area (Å²) < 4.78 is 33.3. The van der Waals surface area contributed by atoms with Crippen molar-refractivity contribution in [3.8, 4) is 17.1 Å². The number of H-pyrrole nitrogens is 1. The highest BCUT2D eigenvalue weighted by Crippen LogP contribution is 2.32. The fraction of sp³-hybridized carbons (Fsp3) is 0.409. The zero-order valence-electron chi connectivity index (χ0n) is 19.1. The molecule has 0 radical (unpaired) electrons. The number of ether oxygens (including phenoxy) is 1. The van der Waals surface area contributed by atoms with Crippen LogP contribution >= 0.6 is 0 Å². The lowest BCUT2D eigenvalue weighted by Crippen LogP contribution is -2.35. The molecule has 176 valence electrons. The number of Topliss-reactive ketones (excluding diaryl/α,β-unsaturated/α-hetero) is 2. The van der Waals surface area contributed by atoms with Crippen LogP contribution in [0.2, 0.25) is 0 Å². The van der Waals surface area contributed by atoms with Gasteiger partial charge in [-0.25, -0.2) is 13.4 Å². The highest BCUT2D eigenvalue weighted by molar-refractivity contribution is 7.93. The molecule has 0 saturated heterocycles. The molecule has 0 aliphatic carbocycles. The first-order valence-electron chi connectivity index (χ1n) is 10.5. The van der Waals surface area contributed by atoms with Crippen LogP contribution in [0.3, 0.4) is 0 Å². The number of aromatic amines is 1. The number of aryl methyl sites for hydroxylation is 2. The van der Waals surface area contributed by atoms with Gasteiger partial charge in [-0.2, -0.15) is 5.10 Å². The van der Waals surface area contributed by atoms with E-state index in [0.29, 0.717) is 28.9 Å². The second kappa shape index (κ2) is 9.26. The van der Waals surface area contributed by atoms with Gasteiger partial charge in [0.2, 0.25) is 0 Å². The molecular weight excluding hydrogens is 448 g/mol. The van der Waals surface area contributed by atoms with Gasteiger partial charge in [-0.3, -0.25) is 19.1 Å². The molecule has 0 spiro atoms. The van der Waals surface area contributed by atoms with Crippen LogP contribution in [0, 0.1) is 0 Å². The molecule has 3 rings (SSSR count). The number of hydrogen-bond donors (Lipinski definition) is 1. The zero-order valence-corrected chi connectivity index (χ0v) is 19.9. The van der Waals surface area contributed by atoms with Crippen molar-refractivity contribution in [2.75, 3.05) is 6.61 Å². The standard InChI is InChI=1S/C22H26N4O6S/c1-6-8-16-18-19(26(5)25-16)22(29)24-21(23-18)15-11-14(9-10-17(15)32-7-2)33(30,31)20(12(3)27)13(4)28/h9-11,20H,6-8H2,1-5H3,(H,23,24,29). The summed E-state index contributed by atoms with van der Waals surface area (Å²) in [6, 6.07) is 3.95. The number of nitrogens with one attached hydrogen (secondary N) is 1. The zero-order chi connectivity index (χ0) is 24.5. The Balaban J connectivity index is 2.29. The molecule has 0 amide bonds. The molecule has 0 atom stereocenters. The number of sulfone groups is 1. The fourth-order valence-electron chi connectivity index (χ4n) is 3.79. The minimum Gasteiger partial charge on any atom is -0.493 e. The van der Waals surface area contributed by atoms with Crippen LogP contribution in [0.4, 0.5) is 0 Å². The Labute approximate surface area is 190 Å². The van der Waals surface area contributed by atoms with E-state index in [9.17, 15) is 22.8 Å². The fourth-order valence-corrected chi connectivity index (χ4v) is 5.48. The Morgan fingerprint density at radius 1 is 1.18 bits per heavy atom. The number of hydrogen-bond acceptors (Lipinski definition) is 8. The Bertz CT molecular complexity index is 1390. The second-order valence-electron chi connectivity index (χ2n) is 7.67. The Kier molecular flexibility index (Phi) is 6.82. The average Bonchev–Trinajstić information content (AvgIpc) is 3.03. The lowest BCUT2D eigenvalue weighted by molar-refractivity contribution is -0.124. The maximum absolute atomic E-state index is 13.1. The highest BCUT2D eigenvalue weighted by Gasteiger charge is 2.36. The smallest absolute Gasteiger partial charge is 0.277 e. The summed E-state index contributed by atoms with van der Waals surface area (Å²) in [5.74, 6) is -1.15. The SMILES string of the molecule is CCCc1nn(C)c2c(=O)[nH]c(-c3cc(S(=O)(=O)C(C(C)=O)C(C)=O)ccc3OCC)nc12. The number of aromatic nitrogens is 4. The van der Waals surface area contributed by atoms with Gasteiger partial charge in [-0.15, -0.1) is 0 Å². The summed E-state index contributed by atoms with van der Waals surface area (Å²) in [4.78, 5) is 43.7. The maximum atomic E-state index is 13.1. The molecule has 0 saturated carbocycles. The van der Waals surface area contributed by atoms with Gasteiger partial charge < -0.3 is 9.72 Å². The summed E-state index contributed by atoms with van der Waals surface area (Å²) in [5, 5.41) is 2.57. The number of nitrogens with zero attached hydrogens (tertiary/aromatic N) is 3. The van der Waals surface area contributed by atoms with Gasteiger partial charge in [-0.1, -0.05) is 13.3 Å². The Morgan fingerprint density at radius 3 is 2.42 bits per heavy atom. The molecule has 11 heteroatoms. The first-order chi connectivity index (χ1) is 15.5. The van der Waals surface area contributed by atoms with Gasteiger partial charge in [0.1, 0.15) is 17.1 Å². The largest absolute Gasteiger partial charge is 0.493 e. The van der Waals surface area contributed by atoms with Gasteiger partial charge >= 0.3 is 0 Å². The molecule has 3 aromatic rings. The normalized spacial score (nSPS) is 11.8. The monoisotopic (exact) mass is 474 g/mol. The van der Waals surface area contributed by atoms with Crippen LogP contribution in [0.15, 0.2) is 27.9 Å². The van der Waals surface area contributed by atoms with Crippen molar-refractivity contribution < 1.29 is 22.7 Å². The summed E-state index contributed by atoms with van der Waals surface area (Å²) in [5.41, 5.74) is 1.15. The van der Waals surface area contributed by atoms with Crippen molar-refractivity contribution >= 4 is 32.4 Å². The van der Waals surface area contributed by atoms with Gasteiger partial charge in [0.15, 0.2) is 32.2 Å². The number of rotatable bonds is 9. The van der Waals surface area contributed by atoms with E-state index in [-0.39, 0.29) is 22.9 Å². The van der Waals surface area contributed by atoms with E-state index >= 15 is 0 Å². The number of carbonyl (C=O) groups excluding carboxylic acids is 2. The molecule has 0 bridgehead atoms. The summed E-state index contributed by atoms with van der Waals surface area (Å²) in [6.07, 6.45) is 1.41. The van der Waals surface area contributed by atoms with Gasteiger partial charge in [0, 0.05) is 7.05 Å². The molecule has 0 fully saturated rings. The predicted octanol–water partition coefficient (Wildman–Crippen LogP) is 2.00. The average molecular weight is 475 g/mol. The van der Waals surface area contributed by atoms with Crippen LogP contribution in [0.5, 0.6) is 5.75 Å². The molecular formula is C22H26N4O6S. The van der Waals surface area contributed by atoms with Crippen molar-refractivity contribution in [1.82, 2.24) is 19.7 Å². The molecule has 10 nitrogen and oxygen atoms in total. The third-order valence-electron chi connectivity index (χ3n) is 5.13. The number of benzene rings is 1. The van der Waals surface area contributed by atoms with E-state index in [0.717, 1.165) is 20.3 Å². The van der Waals surface area contributed by atoms with Crippen molar-refractivity contribution in [1.29, 1.82) is 0 Å². The third kappa shape index (κ3) is 4.45. The van der Waals surface area contributed by atoms with E-state index in [1.165, 1.54) is 22.9 Å². The lowest BCUT2D eigenvalue weighted by Gasteiger charge is -2.15. The molecule has 0 aliphatic heterocycles. The number of carbonyl (C=O) groups is 2. The molecule has 33 heavy (non-hydrogen) atoms. The van der Waals surface area contributed by atoms with Crippen LogP contribution in [0.1, 0.15) is 39.8 Å². The third-order valence-corrected chi connectivity index (χ3v) is 7.33. The van der Waals surface area contributed by atoms with Gasteiger partial charge in [0.05, 0.1) is 22.8 Å². The van der Waals surface area contributed by atoms with E-state index in [1.807, 2.05) is 6.92 Å². The minimum atomic E-state index is -4.32. The first-order valence-corrected chi connectivity index (χ1v) is 12.0. The van der Waals surface area contributed by atoms with E-state index in [2.05, 4.69) is 15.1 Å². The molecule has 1 N–H and O–H groups in total. The lowest BCUT2D eigenvalue weighted by atomic mass is 10.1. The molecule has 0 aliphatic rings. The topological polar surface area (TPSA) is 141 Å². The maximum Gasteiger partial charge on any atom is 0.277 e. The molecule has 0 unspecified atom stereocenters. The van der Waals surface area contributed by atoms with E-state index in [1.54, 1.807) is 14.0 Å². The van der Waals surface area contributed by atoms with Crippen molar-refractivity contribution in [3.05, 3.63) is 34.2 Å². The summed E-state index contributed by atoms with van der Waals surface area (Å²) >= 11 is 0. The van der Waals surface area contributed by atoms with Crippen LogP contribution < -0.4 is 10.3 Å². The van der Waals surface area contributed by atoms with Gasteiger partial charge in [0.25, 0.3) is 5.56 Å². The predicted molar refractivity (Wildman–Crippen MR) is 122 cm³/mol. The summed E-state index contributed by atoms with van der Waals surface area (Å²) in [7, 11) is -2.66. The van der Waals surface area contributed by atoms with Crippen LogP contribution in [-0.4, -0.2) is 51.6 Å². The molecule has 1 aromatic carbocycles. The van der Waals surface area contributed by atoms with Crippen molar-refractivity contribution in [2.45, 2.75) is 50.7 Å². The van der Waals surface area contributed by atoms with E-state index < -0.39 is 32.2 Å². The van der Waals surface area contributed by atoms with E-state index in [4.69, 9.17) is 4.74 Å². The highest BCUT2D eigenvalue weighted by atomic mass is 32.2. The minimum absolute atomic E-state index is 0.0977. The first kappa shape index (κ1) is 24.3. The quantitative estimate of drug-likeness (QED) is 0.464. The number of ketones is 2. The van der Waals surface area contributed by atoms with Crippen LogP contribution in [0.25, 0.3) is 22.4 Å².